The Balaban J connectivity index is 2.92. The highest BCUT2D eigenvalue weighted by Gasteiger charge is 2.29. The molecule has 0 bridgehead atoms. The zero-order valence-electron chi connectivity index (χ0n) is 16.4. The summed E-state index contributed by atoms with van der Waals surface area (Å²) in [5.41, 5.74) is 12.0. The lowest BCUT2D eigenvalue weighted by atomic mass is 10.0. The van der Waals surface area contributed by atoms with Gasteiger partial charge in [-0.2, -0.15) is 0 Å². The van der Waals surface area contributed by atoms with Crippen molar-refractivity contribution in [1.82, 2.24) is 10.6 Å². The van der Waals surface area contributed by atoms with Crippen LogP contribution < -0.4 is 22.1 Å². The minimum absolute atomic E-state index is 0.0653. The molecule has 0 saturated carbocycles. The van der Waals surface area contributed by atoms with Crippen LogP contribution in [-0.2, 0) is 20.8 Å². The van der Waals surface area contributed by atoms with Crippen molar-refractivity contribution in [1.29, 1.82) is 0 Å². The second-order valence-electron chi connectivity index (χ2n) is 6.89. The van der Waals surface area contributed by atoms with Crippen LogP contribution >= 0.6 is 12.6 Å². The number of aromatic hydroxyl groups is 1. The van der Waals surface area contributed by atoms with Crippen LogP contribution in [0.15, 0.2) is 24.3 Å². The van der Waals surface area contributed by atoms with Crippen molar-refractivity contribution in [2.24, 2.45) is 11.5 Å². The van der Waals surface area contributed by atoms with Crippen LogP contribution in [0.3, 0.4) is 0 Å². The molecule has 1 aromatic carbocycles. The number of phenols is 1. The number of hydrogen-bond donors (Lipinski definition) is 7. The first kappa shape index (κ1) is 24.9. The molecule has 1 rings (SSSR count). The van der Waals surface area contributed by atoms with E-state index in [2.05, 4.69) is 23.3 Å². The predicted molar refractivity (Wildman–Crippen MR) is 112 cm³/mol. The van der Waals surface area contributed by atoms with E-state index in [1.165, 1.54) is 19.1 Å². The topological polar surface area (TPSA) is 168 Å². The van der Waals surface area contributed by atoms with E-state index in [4.69, 9.17) is 11.5 Å². The van der Waals surface area contributed by atoms with Crippen molar-refractivity contribution in [3.63, 3.8) is 0 Å². The van der Waals surface area contributed by atoms with E-state index in [9.17, 15) is 24.6 Å². The van der Waals surface area contributed by atoms with E-state index >= 15 is 0 Å². The molecule has 29 heavy (non-hydrogen) atoms. The van der Waals surface area contributed by atoms with Gasteiger partial charge in [0.05, 0.1) is 12.1 Å². The smallest absolute Gasteiger partial charge is 0.243 e. The molecule has 0 fully saturated rings. The first-order chi connectivity index (χ1) is 13.6. The summed E-state index contributed by atoms with van der Waals surface area (Å²) in [7, 11) is 0. The number of unbranched alkanes of at least 4 members (excludes halogenated alkanes) is 1. The minimum atomic E-state index is -1.22. The lowest BCUT2D eigenvalue weighted by Gasteiger charge is -2.24. The average Bonchev–Trinajstić information content (AvgIpc) is 2.66. The van der Waals surface area contributed by atoms with E-state index in [0.29, 0.717) is 24.9 Å². The summed E-state index contributed by atoms with van der Waals surface area (Å²) in [6.45, 7) is 1.85. The molecule has 4 atom stereocenters. The van der Waals surface area contributed by atoms with Crippen LogP contribution in [0.5, 0.6) is 5.75 Å². The van der Waals surface area contributed by atoms with Crippen molar-refractivity contribution in [2.45, 2.75) is 56.8 Å². The summed E-state index contributed by atoms with van der Waals surface area (Å²) in [6.07, 6.45) is 0.770. The van der Waals surface area contributed by atoms with Crippen LogP contribution in [-0.4, -0.2) is 57.9 Å². The molecule has 0 spiro atoms. The molecule has 0 radical (unpaired) electrons. The second-order valence-corrected chi connectivity index (χ2v) is 7.33. The largest absolute Gasteiger partial charge is 0.508 e. The third kappa shape index (κ3) is 8.82. The maximum Gasteiger partial charge on any atom is 0.243 e. The third-order valence-electron chi connectivity index (χ3n) is 4.36. The number of nitrogens with two attached hydrogens (primary N) is 2. The Morgan fingerprint density at radius 1 is 1.10 bits per heavy atom. The SMILES string of the molecule is C[C@@H](O)C(NC(=O)[C@H](Cc1ccc(O)cc1)NC(=O)[C@@H](N)CCCCN)C(=O)S. The first-order valence-electron chi connectivity index (χ1n) is 9.40. The molecular formula is C19H30N4O5S. The molecule has 0 aromatic heterocycles. The van der Waals surface area contributed by atoms with E-state index in [1.807, 2.05) is 0 Å². The van der Waals surface area contributed by atoms with Gasteiger partial charge in [0.2, 0.25) is 16.9 Å². The highest BCUT2D eigenvalue weighted by Crippen LogP contribution is 2.12. The molecule has 0 heterocycles. The fourth-order valence-electron chi connectivity index (χ4n) is 2.64. The number of thiol groups is 1. The molecule has 1 aromatic rings. The minimum Gasteiger partial charge on any atom is -0.508 e. The molecular weight excluding hydrogens is 396 g/mol. The van der Waals surface area contributed by atoms with Gasteiger partial charge >= 0.3 is 0 Å². The summed E-state index contributed by atoms with van der Waals surface area (Å²) in [5.74, 6) is -1.10. The molecule has 162 valence electrons. The molecule has 0 aliphatic rings. The van der Waals surface area contributed by atoms with Crippen molar-refractivity contribution in [2.75, 3.05) is 6.54 Å². The van der Waals surface area contributed by atoms with Gasteiger partial charge in [-0.05, 0) is 44.0 Å². The number of aliphatic hydroxyl groups excluding tert-OH is 1. The van der Waals surface area contributed by atoms with Gasteiger partial charge in [0.25, 0.3) is 0 Å². The molecule has 2 amide bonds. The summed E-state index contributed by atoms with van der Waals surface area (Å²) in [6, 6.07) is 3.07. The molecule has 8 N–H and O–H groups in total. The number of nitrogens with one attached hydrogen (secondary N) is 2. The number of carbonyl (C=O) groups excluding carboxylic acids is 3. The highest BCUT2D eigenvalue weighted by molar-refractivity contribution is 7.96. The van der Waals surface area contributed by atoms with E-state index in [1.54, 1.807) is 12.1 Å². The van der Waals surface area contributed by atoms with Gasteiger partial charge in [-0.1, -0.05) is 18.6 Å². The van der Waals surface area contributed by atoms with E-state index in [-0.39, 0.29) is 12.2 Å². The monoisotopic (exact) mass is 426 g/mol. The van der Waals surface area contributed by atoms with E-state index in [0.717, 1.165) is 6.42 Å². The van der Waals surface area contributed by atoms with Gasteiger partial charge in [-0.15, -0.1) is 12.6 Å². The zero-order valence-corrected chi connectivity index (χ0v) is 17.3. The Kier molecular flexibility index (Phi) is 10.7. The fourth-order valence-corrected chi connectivity index (χ4v) is 2.92. The number of hydrogen-bond acceptors (Lipinski definition) is 7. The Morgan fingerprint density at radius 2 is 1.72 bits per heavy atom. The van der Waals surface area contributed by atoms with E-state index < -0.39 is 41.2 Å². The lowest BCUT2D eigenvalue weighted by Crippen LogP contribution is -2.56. The van der Waals surface area contributed by atoms with Crippen LogP contribution in [0.25, 0.3) is 0 Å². The predicted octanol–water partition coefficient (Wildman–Crippen LogP) is -0.802. The normalized spacial score (nSPS) is 15.1. The highest BCUT2D eigenvalue weighted by atomic mass is 32.1. The van der Waals surface area contributed by atoms with Crippen molar-refractivity contribution >= 4 is 29.6 Å². The average molecular weight is 427 g/mol. The van der Waals surface area contributed by atoms with Gasteiger partial charge in [0.1, 0.15) is 17.8 Å². The summed E-state index contributed by atoms with van der Waals surface area (Å²) < 4.78 is 0. The number of aliphatic hydroxyl groups is 1. The van der Waals surface area contributed by atoms with Crippen LogP contribution in [0.2, 0.25) is 0 Å². The number of carbonyl (C=O) groups is 3. The van der Waals surface area contributed by atoms with Crippen LogP contribution in [0, 0.1) is 0 Å². The van der Waals surface area contributed by atoms with Crippen molar-refractivity contribution < 1.29 is 24.6 Å². The van der Waals surface area contributed by atoms with Gasteiger partial charge < -0.3 is 32.3 Å². The Bertz CT molecular complexity index is 684. The lowest BCUT2D eigenvalue weighted by molar-refractivity contribution is -0.131. The standard InChI is InChI=1S/C19H30N4O5S/c1-11(24)16(19(28)29)23-18(27)15(10-12-5-7-13(25)8-6-12)22-17(26)14(21)4-2-3-9-20/h5-8,11,14-16,24-25H,2-4,9-10,20-21H2,1H3,(H,22,26)(H,23,27)(H,28,29)/t11-,14+,15+,16?/m1/s1. The summed E-state index contributed by atoms with van der Waals surface area (Å²) >= 11 is 3.68. The van der Waals surface area contributed by atoms with Crippen LogP contribution in [0.1, 0.15) is 31.7 Å². The number of phenolic OH excluding ortho intramolecular Hbond substituents is 1. The fraction of sp³-hybridized carbons (Fsp3) is 0.526. The maximum atomic E-state index is 12.7. The number of rotatable bonds is 12. The number of amides is 2. The molecule has 0 aliphatic heterocycles. The first-order valence-corrected chi connectivity index (χ1v) is 9.85. The van der Waals surface area contributed by atoms with Crippen LogP contribution in [0.4, 0.5) is 0 Å². The molecule has 10 heteroatoms. The zero-order chi connectivity index (χ0) is 22.0. The summed E-state index contributed by atoms with van der Waals surface area (Å²) in [4.78, 5) is 36.7. The van der Waals surface area contributed by atoms with Crippen molar-refractivity contribution in [3.05, 3.63) is 29.8 Å². The van der Waals surface area contributed by atoms with Gasteiger partial charge in [-0.3, -0.25) is 14.4 Å². The quantitative estimate of drug-likeness (QED) is 0.169. The number of benzene rings is 1. The maximum absolute atomic E-state index is 12.7. The summed E-state index contributed by atoms with van der Waals surface area (Å²) in [5, 5.41) is 23.4. The Hall–Kier alpha value is -2.14. The Morgan fingerprint density at radius 3 is 2.24 bits per heavy atom. The molecule has 0 saturated heterocycles. The Labute approximate surface area is 175 Å². The van der Waals surface area contributed by atoms with Gasteiger partial charge in [0, 0.05) is 6.42 Å². The second kappa shape index (κ2) is 12.4. The van der Waals surface area contributed by atoms with Gasteiger partial charge in [-0.25, -0.2) is 0 Å². The molecule has 0 aliphatic carbocycles. The molecule has 9 nitrogen and oxygen atoms in total. The third-order valence-corrected chi connectivity index (χ3v) is 4.64. The van der Waals surface area contributed by atoms with Gasteiger partial charge in [0.15, 0.2) is 0 Å². The molecule has 1 unspecified atom stereocenters. The van der Waals surface area contributed by atoms with Crippen molar-refractivity contribution in [3.8, 4) is 5.75 Å².